The average Bonchev–Trinajstić information content (AvgIpc) is 3.29. The first-order chi connectivity index (χ1) is 15.1. The smallest absolute Gasteiger partial charge is 0.312 e. The molecule has 32 heavy (non-hydrogen) atoms. The molecule has 0 radical (unpaired) electrons. The molecule has 1 saturated heterocycles. The van der Waals surface area contributed by atoms with Gasteiger partial charge in [0.25, 0.3) is 11.6 Å². The van der Waals surface area contributed by atoms with E-state index in [0.717, 1.165) is 31.0 Å². The molecule has 1 atom stereocenters. The Kier molecular flexibility index (Phi) is 6.69. The minimum atomic E-state index is -3.87. The van der Waals surface area contributed by atoms with Crippen molar-refractivity contribution in [2.45, 2.75) is 30.8 Å². The van der Waals surface area contributed by atoms with Crippen molar-refractivity contribution in [3.63, 3.8) is 0 Å². The number of nitro benzene ring substituents is 2. The number of benzene rings is 2. The third kappa shape index (κ3) is 5.00. The number of sulfonamides is 1. The molecule has 1 aliphatic rings. The van der Waals surface area contributed by atoms with Crippen LogP contribution in [0.1, 0.15) is 19.8 Å². The average molecular weight is 464 g/mol. The first-order valence-electron chi connectivity index (χ1n) is 9.60. The number of hydrogen-bond donors (Lipinski definition) is 1. The molecule has 2 aromatic carbocycles. The monoisotopic (exact) mass is 464 g/mol. The molecule has 0 aromatic heterocycles. The van der Waals surface area contributed by atoms with Gasteiger partial charge < -0.3 is 10.1 Å². The highest BCUT2D eigenvalue weighted by Crippen LogP contribution is 2.32. The van der Waals surface area contributed by atoms with Crippen LogP contribution < -0.4 is 10.1 Å². The largest absolute Gasteiger partial charge is 0.474 e. The minimum absolute atomic E-state index is 0.154. The molecular formula is C19H20N4O8S. The molecule has 1 N–H and O–H groups in total. The van der Waals surface area contributed by atoms with Gasteiger partial charge in [-0.05, 0) is 38.0 Å². The topological polar surface area (TPSA) is 162 Å². The van der Waals surface area contributed by atoms with Crippen molar-refractivity contribution in [1.82, 2.24) is 4.31 Å². The summed E-state index contributed by atoms with van der Waals surface area (Å²) >= 11 is 0. The number of nitrogens with zero attached hydrogens (tertiary/aromatic N) is 3. The molecule has 3 rings (SSSR count). The maximum atomic E-state index is 12.7. The van der Waals surface area contributed by atoms with Gasteiger partial charge >= 0.3 is 5.69 Å². The van der Waals surface area contributed by atoms with Gasteiger partial charge in [0.1, 0.15) is 0 Å². The first kappa shape index (κ1) is 23.1. The van der Waals surface area contributed by atoms with Crippen LogP contribution in [0.25, 0.3) is 0 Å². The highest BCUT2D eigenvalue weighted by Gasteiger charge is 2.30. The summed E-state index contributed by atoms with van der Waals surface area (Å²) < 4.78 is 32.0. The Morgan fingerprint density at radius 2 is 1.78 bits per heavy atom. The van der Waals surface area contributed by atoms with E-state index in [9.17, 15) is 33.4 Å². The lowest BCUT2D eigenvalue weighted by atomic mass is 10.2. The van der Waals surface area contributed by atoms with E-state index in [1.807, 2.05) is 0 Å². The second-order valence-electron chi connectivity index (χ2n) is 7.05. The second kappa shape index (κ2) is 9.28. The van der Waals surface area contributed by atoms with Gasteiger partial charge in [-0.1, -0.05) is 6.07 Å². The summed E-state index contributed by atoms with van der Waals surface area (Å²) in [5, 5.41) is 24.8. The summed E-state index contributed by atoms with van der Waals surface area (Å²) in [4.78, 5) is 33.1. The molecule has 2 aromatic rings. The van der Waals surface area contributed by atoms with E-state index in [1.54, 1.807) is 0 Å². The van der Waals surface area contributed by atoms with E-state index < -0.39 is 37.6 Å². The van der Waals surface area contributed by atoms with Gasteiger partial charge in [-0.2, -0.15) is 4.31 Å². The molecule has 1 aliphatic heterocycles. The van der Waals surface area contributed by atoms with Gasteiger partial charge in [0.15, 0.2) is 11.9 Å². The Morgan fingerprint density at radius 1 is 1.09 bits per heavy atom. The first-order valence-corrected chi connectivity index (χ1v) is 11.0. The van der Waals surface area contributed by atoms with Gasteiger partial charge in [0.05, 0.1) is 14.7 Å². The van der Waals surface area contributed by atoms with Gasteiger partial charge in [0, 0.05) is 37.0 Å². The van der Waals surface area contributed by atoms with E-state index in [2.05, 4.69) is 5.32 Å². The van der Waals surface area contributed by atoms with Crippen LogP contribution in [-0.2, 0) is 14.8 Å². The molecule has 1 heterocycles. The quantitative estimate of drug-likeness (QED) is 0.460. The number of carbonyl (C=O) groups excluding carboxylic acids is 1. The zero-order valence-electron chi connectivity index (χ0n) is 17.0. The lowest BCUT2D eigenvalue weighted by Gasteiger charge is -2.17. The van der Waals surface area contributed by atoms with Crippen LogP contribution in [0.15, 0.2) is 47.4 Å². The number of ether oxygens (including phenoxy) is 1. The summed E-state index contributed by atoms with van der Waals surface area (Å²) in [6.45, 7) is 2.04. The zero-order chi connectivity index (χ0) is 23.5. The van der Waals surface area contributed by atoms with E-state index >= 15 is 0 Å². The van der Waals surface area contributed by atoms with Crippen molar-refractivity contribution >= 4 is 33.0 Å². The Hall–Kier alpha value is -3.58. The number of carbonyl (C=O) groups is 1. The molecule has 1 amide bonds. The van der Waals surface area contributed by atoms with Crippen molar-refractivity contribution in [3.8, 4) is 5.75 Å². The lowest BCUT2D eigenvalue weighted by Crippen LogP contribution is -2.30. The van der Waals surface area contributed by atoms with Crippen LogP contribution in [0.4, 0.5) is 17.1 Å². The van der Waals surface area contributed by atoms with Crippen molar-refractivity contribution in [1.29, 1.82) is 0 Å². The van der Waals surface area contributed by atoms with Crippen LogP contribution in [0.5, 0.6) is 5.75 Å². The third-order valence-corrected chi connectivity index (χ3v) is 6.72. The Morgan fingerprint density at radius 3 is 2.41 bits per heavy atom. The summed E-state index contributed by atoms with van der Waals surface area (Å²) in [6.07, 6.45) is 0.230. The molecule has 13 heteroatoms. The zero-order valence-corrected chi connectivity index (χ0v) is 17.8. The normalized spacial score (nSPS) is 15.2. The Labute approximate surface area is 183 Å². The number of anilines is 1. The number of amides is 1. The molecule has 0 aliphatic carbocycles. The van der Waals surface area contributed by atoms with Gasteiger partial charge in [-0.15, -0.1) is 0 Å². The summed E-state index contributed by atoms with van der Waals surface area (Å²) in [5.41, 5.74) is -0.664. The SMILES string of the molecule is CC(Oc1ccc(S(=O)(=O)N2CCCC2)cc1[N+](=O)[O-])C(=O)Nc1cccc([N+](=O)[O-])c1. The number of rotatable bonds is 8. The molecular weight excluding hydrogens is 444 g/mol. The molecule has 0 spiro atoms. The maximum absolute atomic E-state index is 12.7. The van der Waals surface area contributed by atoms with Crippen molar-refractivity contribution in [2.75, 3.05) is 18.4 Å². The van der Waals surface area contributed by atoms with Gasteiger partial charge in [0.2, 0.25) is 10.0 Å². The van der Waals surface area contributed by atoms with Crippen LogP contribution in [0.2, 0.25) is 0 Å². The lowest BCUT2D eigenvalue weighted by molar-refractivity contribution is -0.386. The summed E-state index contributed by atoms with van der Waals surface area (Å²) in [5.74, 6) is -0.981. The van der Waals surface area contributed by atoms with Crippen LogP contribution in [0.3, 0.4) is 0 Å². The van der Waals surface area contributed by atoms with E-state index in [4.69, 9.17) is 4.74 Å². The highest BCUT2D eigenvalue weighted by molar-refractivity contribution is 7.89. The highest BCUT2D eigenvalue weighted by atomic mass is 32.2. The summed E-state index contributed by atoms with van der Waals surface area (Å²) in [6, 6.07) is 8.50. The van der Waals surface area contributed by atoms with Crippen LogP contribution in [-0.4, -0.2) is 47.7 Å². The van der Waals surface area contributed by atoms with Crippen LogP contribution >= 0.6 is 0 Å². The van der Waals surface area contributed by atoms with Gasteiger partial charge in [-0.25, -0.2) is 8.42 Å². The molecule has 1 fully saturated rings. The van der Waals surface area contributed by atoms with Crippen molar-refractivity contribution in [3.05, 3.63) is 62.7 Å². The van der Waals surface area contributed by atoms with E-state index in [0.29, 0.717) is 13.1 Å². The maximum Gasteiger partial charge on any atom is 0.312 e. The fraction of sp³-hybridized carbons (Fsp3) is 0.316. The molecule has 1 unspecified atom stereocenters. The summed E-state index contributed by atoms with van der Waals surface area (Å²) in [7, 11) is -3.87. The van der Waals surface area contributed by atoms with E-state index in [-0.39, 0.29) is 22.0 Å². The fourth-order valence-electron chi connectivity index (χ4n) is 3.16. The Bertz CT molecular complexity index is 1160. The minimum Gasteiger partial charge on any atom is -0.474 e. The number of nitro groups is 2. The fourth-order valence-corrected chi connectivity index (χ4v) is 4.70. The molecule has 12 nitrogen and oxygen atoms in total. The van der Waals surface area contributed by atoms with Gasteiger partial charge in [-0.3, -0.25) is 25.0 Å². The van der Waals surface area contributed by atoms with Crippen molar-refractivity contribution in [2.24, 2.45) is 0 Å². The van der Waals surface area contributed by atoms with Crippen LogP contribution in [0, 0.1) is 20.2 Å². The number of hydrogen-bond acceptors (Lipinski definition) is 8. The number of nitrogens with one attached hydrogen (secondary N) is 1. The molecule has 170 valence electrons. The van der Waals surface area contributed by atoms with Crippen molar-refractivity contribution < 1.29 is 27.8 Å². The molecule has 0 bridgehead atoms. The molecule has 0 saturated carbocycles. The predicted molar refractivity (Wildman–Crippen MR) is 113 cm³/mol. The second-order valence-corrected chi connectivity index (χ2v) is 8.99. The Balaban J connectivity index is 1.78. The standard InChI is InChI=1S/C19H20N4O8S/c1-13(19(24)20-14-5-4-6-15(11-14)22(25)26)31-18-8-7-16(12-17(18)23(27)28)32(29,30)21-9-2-3-10-21/h4-8,11-13H,2-3,9-10H2,1H3,(H,20,24). The number of non-ortho nitro benzene ring substituents is 1. The van der Waals surface area contributed by atoms with E-state index in [1.165, 1.54) is 35.5 Å². The third-order valence-electron chi connectivity index (χ3n) is 4.83. The predicted octanol–water partition coefficient (Wildman–Crippen LogP) is 2.69.